The molecule has 3 rings (SSSR count). The van der Waals surface area contributed by atoms with Gasteiger partial charge >= 0.3 is 0 Å². The Balaban J connectivity index is 1.58. The van der Waals surface area contributed by atoms with Crippen molar-refractivity contribution >= 4 is 0 Å². The molecule has 0 radical (unpaired) electrons. The SMILES string of the molecule is Oc1ccc(CNCC2(C3CC3)CC2)c(O)c1O. The summed E-state index contributed by atoms with van der Waals surface area (Å²) in [6, 6.07) is 3.04. The lowest BCUT2D eigenvalue weighted by Crippen LogP contribution is -2.25. The van der Waals surface area contributed by atoms with E-state index in [2.05, 4.69) is 5.32 Å². The van der Waals surface area contributed by atoms with Crippen molar-refractivity contribution in [2.24, 2.45) is 11.3 Å². The first kappa shape index (κ1) is 11.7. The lowest BCUT2D eigenvalue weighted by molar-refractivity contribution is 0.361. The molecule has 2 fully saturated rings. The van der Waals surface area contributed by atoms with Crippen molar-refractivity contribution in [2.75, 3.05) is 6.54 Å². The van der Waals surface area contributed by atoms with E-state index in [9.17, 15) is 15.3 Å². The van der Waals surface area contributed by atoms with Crippen LogP contribution in [0.5, 0.6) is 17.2 Å². The summed E-state index contributed by atoms with van der Waals surface area (Å²) in [7, 11) is 0. The first-order chi connectivity index (χ1) is 8.62. The van der Waals surface area contributed by atoms with Crippen molar-refractivity contribution in [2.45, 2.75) is 32.2 Å². The van der Waals surface area contributed by atoms with Crippen LogP contribution in [0.4, 0.5) is 0 Å². The van der Waals surface area contributed by atoms with Crippen LogP contribution in [0.3, 0.4) is 0 Å². The summed E-state index contributed by atoms with van der Waals surface area (Å²) in [5, 5.41) is 31.7. The number of aromatic hydroxyl groups is 3. The molecule has 4 N–H and O–H groups in total. The van der Waals surface area contributed by atoms with Crippen molar-refractivity contribution in [3.8, 4) is 17.2 Å². The minimum atomic E-state index is -0.433. The van der Waals surface area contributed by atoms with E-state index < -0.39 is 5.75 Å². The number of phenolic OH excluding ortho intramolecular Hbond substituents is 3. The van der Waals surface area contributed by atoms with Gasteiger partial charge in [-0.05, 0) is 43.1 Å². The molecule has 0 atom stereocenters. The molecule has 0 aliphatic heterocycles. The zero-order chi connectivity index (χ0) is 12.8. The third-order valence-corrected chi connectivity index (χ3v) is 4.34. The Labute approximate surface area is 106 Å². The van der Waals surface area contributed by atoms with Gasteiger partial charge < -0.3 is 20.6 Å². The van der Waals surface area contributed by atoms with Crippen molar-refractivity contribution in [3.05, 3.63) is 17.7 Å². The van der Waals surface area contributed by atoms with Gasteiger partial charge in [-0.25, -0.2) is 0 Å². The molecule has 0 unspecified atom stereocenters. The Kier molecular flexibility index (Phi) is 2.63. The van der Waals surface area contributed by atoms with Crippen molar-refractivity contribution < 1.29 is 15.3 Å². The molecular weight excluding hydrogens is 230 g/mol. The van der Waals surface area contributed by atoms with Crippen LogP contribution in [-0.4, -0.2) is 21.9 Å². The van der Waals surface area contributed by atoms with E-state index in [1.54, 1.807) is 6.07 Å². The molecule has 0 bridgehead atoms. The molecule has 1 aromatic carbocycles. The first-order valence-electron chi connectivity index (χ1n) is 6.56. The van der Waals surface area contributed by atoms with Gasteiger partial charge in [0.1, 0.15) is 0 Å². The van der Waals surface area contributed by atoms with E-state index in [-0.39, 0.29) is 11.5 Å². The molecule has 98 valence electrons. The largest absolute Gasteiger partial charge is 0.504 e. The summed E-state index contributed by atoms with van der Waals surface area (Å²) in [5.41, 5.74) is 1.14. The highest BCUT2D eigenvalue weighted by atomic mass is 16.3. The Morgan fingerprint density at radius 3 is 2.44 bits per heavy atom. The number of rotatable bonds is 5. The van der Waals surface area contributed by atoms with Crippen LogP contribution < -0.4 is 5.32 Å². The van der Waals surface area contributed by atoms with Gasteiger partial charge in [-0.1, -0.05) is 6.07 Å². The predicted octanol–water partition coefficient (Wildman–Crippen LogP) is 2.08. The van der Waals surface area contributed by atoms with Gasteiger partial charge in [-0.2, -0.15) is 0 Å². The van der Waals surface area contributed by atoms with E-state index in [0.717, 1.165) is 12.5 Å². The van der Waals surface area contributed by atoms with Crippen LogP contribution >= 0.6 is 0 Å². The zero-order valence-electron chi connectivity index (χ0n) is 10.3. The summed E-state index contributed by atoms with van der Waals surface area (Å²) in [5.74, 6) is -0.0314. The quantitative estimate of drug-likeness (QED) is 0.603. The molecule has 1 aromatic rings. The molecule has 2 aliphatic carbocycles. The molecular formula is C14H19NO3. The lowest BCUT2D eigenvalue weighted by Gasteiger charge is -2.15. The number of hydrogen-bond donors (Lipinski definition) is 4. The number of nitrogens with one attached hydrogen (secondary N) is 1. The van der Waals surface area contributed by atoms with Crippen LogP contribution in [0.25, 0.3) is 0 Å². The average Bonchev–Trinajstić information content (AvgIpc) is 3.21. The maximum Gasteiger partial charge on any atom is 0.200 e. The van der Waals surface area contributed by atoms with Crippen LogP contribution in [0, 0.1) is 11.3 Å². The highest BCUT2D eigenvalue weighted by Gasteiger charge is 2.53. The Bertz CT molecular complexity index is 464. The highest BCUT2D eigenvalue weighted by Crippen LogP contribution is 2.60. The molecule has 0 aromatic heterocycles. The summed E-state index contributed by atoms with van der Waals surface area (Å²) in [4.78, 5) is 0. The second-order valence-electron chi connectivity index (χ2n) is 5.68. The number of phenols is 3. The average molecular weight is 249 g/mol. The van der Waals surface area contributed by atoms with Gasteiger partial charge in [0.15, 0.2) is 11.5 Å². The Morgan fingerprint density at radius 2 is 1.83 bits per heavy atom. The third kappa shape index (κ3) is 2.01. The van der Waals surface area contributed by atoms with Crippen LogP contribution in [0.2, 0.25) is 0 Å². The zero-order valence-corrected chi connectivity index (χ0v) is 10.3. The fraction of sp³-hybridized carbons (Fsp3) is 0.571. The minimum absolute atomic E-state index is 0.223. The van der Waals surface area contributed by atoms with Gasteiger partial charge in [0.2, 0.25) is 5.75 Å². The molecule has 0 heterocycles. The van der Waals surface area contributed by atoms with Gasteiger partial charge in [0.25, 0.3) is 0 Å². The first-order valence-corrected chi connectivity index (χ1v) is 6.56. The second-order valence-corrected chi connectivity index (χ2v) is 5.68. The summed E-state index contributed by atoms with van der Waals surface area (Å²) in [6.45, 7) is 1.51. The fourth-order valence-electron chi connectivity index (χ4n) is 2.79. The molecule has 0 saturated heterocycles. The van der Waals surface area contributed by atoms with Crippen LogP contribution in [-0.2, 0) is 6.54 Å². The number of benzene rings is 1. The van der Waals surface area contributed by atoms with Crippen LogP contribution in [0.1, 0.15) is 31.2 Å². The molecule has 18 heavy (non-hydrogen) atoms. The molecule has 2 aliphatic rings. The van der Waals surface area contributed by atoms with Crippen molar-refractivity contribution in [1.29, 1.82) is 0 Å². The van der Waals surface area contributed by atoms with E-state index in [4.69, 9.17) is 0 Å². The third-order valence-electron chi connectivity index (χ3n) is 4.34. The molecule has 0 spiro atoms. The maximum atomic E-state index is 9.69. The van der Waals surface area contributed by atoms with Gasteiger partial charge in [-0.3, -0.25) is 0 Å². The smallest absolute Gasteiger partial charge is 0.200 e. The lowest BCUT2D eigenvalue weighted by atomic mass is 10.0. The summed E-state index contributed by atoms with van der Waals surface area (Å²) >= 11 is 0. The van der Waals surface area contributed by atoms with E-state index >= 15 is 0 Å². The van der Waals surface area contributed by atoms with Crippen molar-refractivity contribution in [3.63, 3.8) is 0 Å². The second kappa shape index (κ2) is 4.05. The van der Waals surface area contributed by atoms with Gasteiger partial charge in [-0.15, -0.1) is 0 Å². The monoisotopic (exact) mass is 249 g/mol. The normalized spacial score (nSPS) is 20.9. The van der Waals surface area contributed by atoms with Gasteiger partial charge in [0, 0.05) is 18.7 Å². The fourth-order valence-corrected chi connectivity index (χ4v) is 2.79. The Morgan fingerprint density at radius 1 is 1.11 bits per heavy atom. The van der Waals surface area contributed by atoms with E-state index in [1.807, 2.05) is 0 Å². The molecule has 0 amide bonds. The summed E-state index contributed by atoms with van der Waals surface area (Å²) < 4.78 is 0. The standard InChI is InChI=1S/C14H19NO3/c16-11-4-1-9(12(17)13(11)18)7-15-8-14(5-6-14)10-2-3-10/h1,4,10,15-18H,2-3,5-8H2. The summed E-state index contributed by atoms with van der Waals surface area (Å²) in [6.07, 6.45) is 5.37. The van der Waals surface area contributed by atoms with E-state index in [0.29, 0.717) is 17.5 Å². The van der Waals surface area contributed by atoms with Gasteiger partial charge in [0.05, 0.1) is 0 Å². The Hall–Kier alpha value is -1.42. The highest BCUT2D eigenvalue weighted by molar-refractivity contribution is 5.52. The number of hydrogen-bond acceptors (Lipinski definition) is 4. The van der Waals surface area contributed by atoms with Crippen LogP contribution in [0.15, 0.2) is 12.1 Å². The van der Waals surface area contributed by atoms with Crippen molar-refractivity contribution in [1.82, 2.24) is 5.32 Å². The maximum absolute atomic E-state index is 9.69. The molecule has 2 saturated carbocycles. The van der Waals surface area contributed by atoms with E-state index in [1.165, 1.54) is 31.7 Å². The predicted molar refractivity (Wildman–Crippen MR) is 67.5 cm³/mol. The molecule has 4 nitrogen and oxygen atoms in total. The topological polar surface area (TPSA) is 72.7 Å². The molecule has 4 heteroatoms. The minimum Gasteiger partial charge on any atom is -0.504 e.